The highest BCUT2D eigenvalue weighted by atomic mass is 16.5. The first-order chi connectivity index (χ1) is 14.3. The van der Waals surface area contributed by atoms with E-state index in [4.69, 9.17) is 9.47 Å². The zero-order chi connectivity index (χ0) is 22.0. The molecular formula is C23H28N2O5. The van der Waals surface area contributed by atoms with Crippen molar-refractivity contribution in [3.63, 3.8) is 0 Å². The minimum absolute atomic E-state index is 0.0331. The normalized spacial score (nSPS) is 13.1. The molecule has 0 bridgehead atoms. The fourth-order valence-electron chi connectivity index (χ4n) is 3.79. The Labute approximate surface area is 176 Å². The number of carbonyl (C=O) groups excluding carboxylic acids is 3. The summed E-state index contributed by atoms with van der Waals surface area (Å²) in [5.74, 6) is -0.233. The van der Waals surface area contributed by atoms with Crippen molar-refractivity contribution in [2.24, 2.45) is 7.05 Å². The molecule has 1 amide bonds. The van der Waals surface area contributed by atoms with Crippen LogP contribution < -0.4 is 4.74 Å². The quantitative estimate of drug-likeness (QED) is 0.491. The second kappa shape index (κ2) is 8.73. The summed E-state index contributed by atoms with van der Waals surface area (Å²) in [6, 6.07) is 7.00. The molecule has 1 fully saturated rings. The molecule has 1 aliphatic carbocycles. The second-order valence-corrected chi connectivity index (χ2v) is 7.53. The van der Waals surface area contributed by atoms with E-state index >= 15 is 0 Å². The molecule has 2 aromatic rings. The zero-order valence-electron chi connectivity index (χ0n) is 18.2. The van der Waals surface area contributed by atoms with Gasteiger partial charge in [0.05, 0.1) is 20.3 Å². The van der Waals surface area contributed by atoms with Crippen LogP contribution in [0.5, 0.6) is 5.75 Å². The molecule has 0 N–H and O–H groups in total. The largest absolute Gasteiger partial charge is 0.497 e. The van der Waals surface area contributed by atoms with Gasteiger partial charge in [-0.1, -0.05) is 6.07 Å². The van der Waals surface area contributed by atoms with E-state index in [-0.39, 0.29) is 30.9 Å². The van der Waals surface area contributed by atoms with Crippen molar-refractivity contribution in [3.8, 4) is 5.75 Å². The number of hydrogen-bond acceptors (Lipinski definition) is 5. The lowest BCUT2D eigenvalue weighted by atomic mass is 10.0. The number of Topliss-reactive ketones (excluding diaryl/α,β-unsaturated/α-hetero) is 1. The predicted octanol–water partition coefficient (Wildman–Crippen LogP) is 3.31. The maximum Gasteiger partial charge on any atom is 0.355 e. The number of benzene rings is 1. The number of amides is 1. The van der Waals surface area contributed by atoms with Gasteiger partial charge in [0.1, 0.15) is 11.4 Å². The number of ether oxygens (including phenoxy) is 2. The molecule has 0 saturated heterocycles. The van der Waals surface area contributed by atoms with Crippen LogP contribution in [-0.2, 0) is 11.8 Å². The van der Waals surface area contributed by atoms with Gasteiger partial charge < -0.3 is 18.9 Å². The number of esters is 1. The van der Waals surface area contributed by atoms with Gasteiger partial charge in [0, 0.05) is 29.9 Å². The van der Waals surface area contributed by atoms with Crippen LogP contribution in [-0.4, -0.2) is 53.4 Å². The Morgan fingerprint density at radius 2 is 1.90 bits per heavy atom. The Bertz CT molecular complexity index is 988. The third kappa shape index (κ3) is 4.10. The molecule has 0 atom stereocenters. The molecule has 1 aliphatic rings. The molecule has 3 rings (SSSR count). The highest BCUT2D eigenvalue weighted by Gasteiger charge is 2.36. The van der Waals surface area contributed by atoms with Crippen molar-refractivity contribution < 1.29 is 23.9 Å². The number of carbonyl (C=O) groups is 3. The summed E-state index contributed by atoms with van der Waals surface area (Å²) in [5.41, 5.74) is 2.61. The molecule has 7 heteroatoms. The van der Waals surface area contributed by atoms with Gasteiger partial charge in [0.25, 0.3) is 5.91 Å². The summed E-state index contributed by atoms with van der Waals surface area (Å²) in [6.45, 7) is 5.52. The maximum atomic E-state index is 13.2. The van der Waals surface area contributed by atoms with Gasteiger partial charge in [-0.25, -0.2) is 4.79 Å². The number of methoxy groups -OCH3 is 1. The van der Waals surface area contributed by atoms with E-state index in [1.807, 2.05) is 0 Å². The van der Waals surface area contributed by atoms with Crippen LogP contribution in [0.2, 0.25) is 0 Å². The van der Waals surface area contributed by atoms with Crippen molar-refractivity contribution in [1.29, 1.82) is 0 Å². The summed E-state index contributed by atoms with van der Waals surface area (Å²) >= 11 is 0. The van der Waals surface area contributed by atoms with E-state index in [1.54, 1.807) is 68.7 Å². The molecule has 1 aromatic carbocycles. The number of rotatable bonds is 8. The summed E-state index contributed by atoms with van der Waals surface area (Å²) < 4.78 is 12.0. The minimum Gasteiger partial charge on any atom is -0.497 e. The van der Waals surface area contributed by atoms with Gasteiger partial charge in [-0.15, -0.1) is 0 Å². The number of ketones is 1. The van der Waals surface area contributed by atoms with Crippen molar-refractivity contribution in [3.05, 3.63) is 52.3 Å². The average molecular weight is 412 g/mol. The molecule has 30 heavy (non-hydrogen) atoms. The minimum atomic E-state index is -0.453. The van der Waals surface area contributed by atoms with E-state index in [9.17, 15) is 14.4 Å². The summed E-state index contributed by atoms with van der Waals surface area (Å²) in [5, 5.41) is 0. The Morgan fingerprint density at radius 1 is 1.20 bits per heavy atom. The monoisotopic (exact) mass is 412 g/mol. The van der Waals surface area contributed by atoms with Crippen LogP contribution in [0.4, 0.5) is 0 Å². The average Bonchev–Trinajstić information content (AvgIpc) is 3.53. The molecule has 1 saturated carbocycles. The summed E-state index contributed by atoms with van der Waals surface area (Å²) in [4.78, 5) is 40.4. The van der Waals surface area contributed by atoms with Crippen LogP contribution >= 0.6 is 0 Å². The van der Waals surface area contributed by atoms with Gasteiger partial charge in [-0.05, 0) is 57.4 Å². The molecule has 0 radical (unpaired) electrons. The Morgan fingerprint density at radius 3 is 2.50 bits per heavy atom. The Hall–Kier alpha value is -3.09. The van der Waals surface area contributed by atoms with Crippen LogP contribution in [0.3, 0.4) is 0 Å². The lowest BCUT2D eigenvalue weighted by Crippen LogP contribution is -2.37. The van der Waals surface area contributed by atoms with Crippen molar-refractivity contribution in [2.45, 2.75) is 39.7 Å². The van der Waals surface area contributed by atoms with Crippen molar-refractivity contribution in [1.82, 2.24) is 9.47 Å². The first-order valence-electron chi connectivity index (χ1n) is 10.1. The summed E-state index contributed by atoms with van der Waals surface area (Å²) in [7, 11) is 3.29. The highest BCUT2D eigenvalue weighted by molar-refractivity contribution is 6.06. The fraction of sp³-hybridized carbons (Fsp3) is 0.435. The fourth-order valence-corrected chi connectivity index (χ4v) is 3.79. The first-order valence-corrected chi connectivity index (χ1v) is 10.1. The Kier molecular flexibility index (Phi) is 6.29. The molecule has 0 aliphatic heterocycles. The van der Waals surface area contributed by atoms with Crippen LogP contribution in [0.1, 0.15) is 62.2 Å². The van der Waals surface area contributed by atoms with Gasteiger partial charge in [0.2, 0.25) is 0 Å². The molecule has 0 unspecified atom stereocenters. The zero-order valence-corrected chi connectivity index (χ0v) is 18.2. The van der Waals surface area contributed by atoms with Gasteiger partial charge in [-0.2, -0.15) is 0 Å². The standard InChI is InChI=1S/C23H28N2O5/c1-6-30-23(28)21-14(2)20(15(3)24(21)4)19(26)13-25(17-10-11-17)22(27)16-8-7-9-18(12-16)29-5/h7-9,12,17H,6,10-11,13H2,1-5H3. The second-order valence-electron chi connectivity index (χ2n) is 7.53. The topological polar surface area (TPSA) is 77.8 Å². The number of hydrogen-bond donors (Lipinski definition) is 0. The SMILES string of the molecule is CCOC(=O)c1c(C)c(C(=O)CN(C(=O)c2cccc(OC)c2)C2CC2)c(C)n1C. The third-order valence-electron chi connectivity index (χ3n) is 5.56. The van der Waals surface area contributed by atoms with Crippen LogP contribution in [0, 0.1) is 13.8 Å². The van der Waals surface area contributed by atoms with Gasteiger partial charge in [-0.3, -0.25) is 9.59 Å². The maximum absolute atomic E-state index is 13.2. The third-order valence-corrected chi connectivity index (χ3v) is 5.56. The molecule has 1 heterocycles. The Balaban J connectivity index is 1.88. The van der Waals surface area contributed by atoms with Crippen molar-refractivity contribution >= 4 is 17.7 Å². The van der Waals surface area contributed by atoms with Gasteiger partial charge >= 0.3 is 5.97 Å². The van der Waals surface area contributed by atoms with Crippen molar-refractivity contribution in [2.75, 3.05) is 20.3 Å². The van der Waals surface area contributed by atoms with E-state index < -0.39 is 5.97 Å². The highest BCUT2D eigenvalue weighted by Crippen LogP contribution is 2.30. The lowest BCUT2D eigenvalue weighted by molar-refractivity contribution is 0.0514. The lowest BCUT2D eigenvalue weighted by Gasteiger charge is -2.22. The molecule has 7 nitrogen and oxygen atoms in total. The number of aromatic nitrogens is 1. The smallest absolute Gasteiger partial charge is 0.355 e. The molecule has 160 valence electrons. The number of nitrogens with zero attached hydrogens (tertiary/aromatic N) is 2. The first kappa shape index (κ1) is 21.6. The van der Waals surface area contributed by atoms with Crippen LogP contribution in [0.15, 0.2) is 24.3 Å². The van der Waals surface area contributed by atoms with Gasteiger partial charge in [0.15, 0.2) is 5.78 Å². The van der Waals surface area contributed by atoms with E-state index in [2.05, 4.69) is 0 Å². The molecule has 0 spiro atoms. The predicted molar refractivity (Wildman–Crippen MR) is 112 cm³/mol. The van der Waals surface area contributed by atoms with E-state index in [1.165, 1.54) is 0 Å². The van der Waals surface area contributed by atoms with E-state index in [0.29, 0.717) is 33.8 Å². The summed E-state index contributed by atoms with van der Waals surface area (Å²) in [6.07, 6.45) is 1.76. The molecule has 1 aromatic heterocycles. The van der Waals surface area contributed by atoms with Crippen LogP contribution in [0.25, 0.3) is 0 Å². The molecular weight excluding hydrogens is 384 g/mol. The van der Waals surface area contributed by atoms with E-state index in [0.717, 1.165) is 12.8 Å².